The van der Waals surface area contributed by atoms with Crippen molar-refractivity contribution < 1.29 is 13.9 Å². The van der Waals surface area contributed by atoms with Crippen LogP contribution in [0.25, 0.3) is 16.6 Å². The molecule has 2 aromatic carbocycles. The summed E-state index contributed by atoms with van der Waals surface area (Å²) in [7, 11) is 0. The molecular weight excluding hydrogens is 478 g/mol. The topological polar surface area (TPSA) is 129 Å². The van der Waals surface area contributed by atoms with Crippen LogP contribution < -0.4 is 16.6 Å². The predicted octanol–water partition coefficient (Wildman–Crippen LogP) is 3.20. The number of hydrogen-bond donors (Lipinski definition) is 4. The zero-order chi connectivity index (χ0) is 25.9. The number of nitrogens with two attached hydrogens (primary N) is 1. The Bertz CT molecular complexity index is 1470. The van der Waals surface area contributed by atoms with Crippen molar-refractivity contribution in [3.8, 4) is 17.5 Å². The van der Waals surface area contributed by atoms with Gasteiger partial charge in [-0.05, 0) is 44.8 Å². The highest BCUT2D eigenvalue weighted by Crippen LogP contribution is 2.24. The van der Waals surface area contributed by atoms with E-state index in [1.165, 1.54) is 13.0 Å². The number of nitrogens with one attached hydrogen (secondary N) is 2. The van der Waals surface area contributed by atoms with Crippen molar-refractivity contribution in [2.75, 3.05) is 0 Å². The van der Waals surface area contributed by atoms with Crippen molar-refractivity contribution in [1.82, 2.24) is 14.9 Å². The third-order valence-electron chi connectivity index (χ3n) is 4.79. The summed E-state index contributed by atoms with van der Waals surface area (Å²) >= 11 is 6.24. The van der Waals surface area contributed by atoms with Crippen molar-refractivity contribution in [3.05, 3.63) is 80.6 Å². The molecule has 1 aromatic heterocycles. The van der Waals surface area contributed by atoms with Gasteiger partial charge in [-0.2, -0.15) is 0 Å². The fourth-order valence-electron chi connectivity index (χ4n) is 3.31. The first-order valence-electron chi connectivity index (χ1n) is 10.2. The van der Waals surface area contributed by atoms with Crippen LogP contribution in [-0.4, -0.2) is 33.3 Å². The van der Waals surface area contributed by atoms with Crippen LogP contribution in [-0.2, 0) is 0 Å². The molecule has 3 aromatic rings. The van der Waals surface area contributed by atoms with Crippen molar-refractivity contribution in [1.29, 1.82) is 5.41 Å². The molecule has 0 aliphatic carbocycles. The lowest BCUT2D eigenvalue weighted by atomic mass is 10.1. The minimum absolute atomic E-state index is 0.0180. The minimum Gasteiger partial charge on any atom is -0.383 e. The molecule has 0 spiro atoms. The first-order chi connectivity index (χ1) is 16.5. The molecule has 11 heteroatoms. The van der Waals surface area contributed by atoms with Gasteiger partial charge in [0.2, 0.25) is 0 Å². The zero-order valence-electron chi connectivity index (χ0n) is 18.7. The van der Waals surface area contributed by atoms with E-state index in [2.05, 4.69) is 33.9 Å². The highest BCUT2D eigenvalue weighted by Gasteiger charge is 2.22. The number of rotatable bonds is 6. The summed E-state index contributed by atoms with van der Waals surface area (Å²) in [6.07, 6.45) is -0.993. The SMILES string of the molecule is C=N/C(NC(C)c1nc2cccc(Cl)c2c(=O)n1-c1cc(F)cc(F)c1)=C(/C#CC(C)O)C(=N)N. The van der Waals surface area contributed by atoms with Crippen LogP contribution >= 0.6 is 11.6 Å². The zero-order valence-corrected chi connectivity index (χ0v) is 19.5. The van der Waals surface area contributed by atoms with Gasteiger partial charge < -0.3 is 16.2 Å². The highest BCUT2D eigenvalue weighted by atomic mass is 35.5. The second-order valence-electron chi connectivity index (χ2n) is 7.48. The number of halogens is 3. The van der Waals surface area contributed by atoms with Gasteiger partial charge in [0.1, 0.15) is 40.8 Å². The van der Waals surface area contributed by atoms with E-state index < -0.39 is 35.2 Å². The van der Waals surface area contributed by atoms with Gasteiger partial charge in [-0.15, -0.1) is 0 Å². The van der Waals surface area contributed by atoms with E-state index in [9.17, 15) is 18.7 Å². The van der Waals surface area contributed by atoms with Crippen molar-refractivity contribution in [2.45, 2.75) is 26.0 Å². The van der Waals surface area contributed by atoms with Gasteiger partial charge in [0, 0.05) is 6.07 Å². The maximum absolute atomic E-state index is 14.1. The van der Waals surface area contributed by atoms with Crippen LogP contribution in [0.15, 0.2) is 57.6 Å². The summed E-state index contributed by atoms with van der Waals surface area (Å²) in [5.41, 5.74) is 5.08. The third-order valence-corrected chi connectivity index (χ3v) is 5.10. The van der Waals surface area contributed by atoms with Gasteiger partial charge >= 0.3 is 0 Å². The average Bonchev–Trinajstić information content (AvgIpc) is 2.76. The van der Waals surface area contributed by atoms with E-state index in [1.807, 2.05) is 0 Å². The third kappa shape index (κ3) is 5.54. The summed E-state index contributed by atoms with van der Waals surface area (Å²) in [5, 5.41) is 20.4. The Balaban J connectivity index is 2.29. The van der Waals surface area contributed by atoms with Gasteiger partial charge in [-0.3, -0.25) is 14.8 Å². The molecule has 180 valence electrons. The highest BCUT2D eigenvalue weighted by molar-refractivity contribution is 6.35. The first-order valence-corrected chi connectivity index (χ1v) is 10.6. The molecule has 0 radical (unpaired) electrons. The van der Waals surface area contributed by atoms with E-state index in [0.29, 0.717) is 6.07 Å². The van der Waals surface area contributed by atoms with Crippen molar-refractivity contribution in [2.24, 2.45) is 10.7 Å². The van der Waals surface area contributed by atoms with Crippen LogP contribution in [0, 0.1) is 28.9 Å². The Hall–Kier alpha value is -4.07. The lowest BCUT2D eigenvalue weighted by molar-refractivity contribution is 0.253. The maximum atomic E-state index is 14.1. The molecule has 1 heterocycles. The van der Waals surface area contributed by atoms with E-state index in [0.717, 1.165) is 16.7 Å². The number of hydrogen-bond acceptors (Lipinski definition) is 6. The molecule has 35 heavy (non-hydrogen) atoms. The van der Waals surface area contributed by atoms with Gasteiger partial charge in [0.05, 0.1) is 27.7 Å². The lowest BCUT2D eigenvalue weighted by Crippen LogP contribution is -2.31. The van der Waals surface area contributed by atoms with Crippen molar-refractivity contribution in [3.63, 3.8) is 0 Å². The molecule has 0 fully saturated rings. The number of aliphatic hydroxyl groups excluding tert-OH is 1. The molecule has 0 aliphatic rings. The van der Waals surface area contributed by atoms with Crippen molar-refractivity contribution >= 4 is 35.1 Å². The van der Waals surface area contributed by atoms with Gasteiger partial charge in [0.15, 0.2) is 0 Å². The minimum atomic E-state index is -0.993. The number of aromatic nitrogens is 2. The molecule has 0 bridgehead atoms. The number of nitrogens with zero attached hydrogens (tertiary/aromatic N) is 3. The maximum Gasteiger partial charge on any atom is 0.267 e. The Labute approximate surface area is 204 Å². The first kappa shape index (κ1) is 25.6. The Morgan fingerprint density at radius 3 is 2.54 bits per heavy atom. The molecule has 3 rings (SSSR count). The van der Waals surface area contributed by atoms with E-state index in [1.54, 1.807) is 19.1 Å². The number of aliphatic imine (C=N–C) groups is 1. The second kappa shape index (κ2) is 10.5. The van der Waals surface area contributed by atoms with E-state index >= 15 is 0 Å². The van der Waals surface area contributed by atoms with E-state index in [-0.39, 0.29) is 38.8 Å². The molecular formula is C24H21ClF2N6O2. The van der Waals surface area contributed by atoms with Crippen LogP contribution in [0.2, 0.25) is 5.02 Å². The number of aliphatic hydroxyl groups is 1. The summed E-state index contributed by atoms with van der Waals surface area (Å²) < 4.78 is 29.2. The monoisotopic (exact) mass is 498 g/mol. The summed E-state index contributed by atoms with van der Waals surface area (Å²) in [4.78, 5) is 21.8. The largest absolute Gasteiger partial charge is 0.383 e. The summed E-state index contributed by atoms with van der Waals surface area (Å²) in [6.45, 7) is 6.50. The molecule has 2 atom stereocenters. The molecule has 8 nitrogen and oxygen atoms in total. The predicted molar refractivity (Wildman–Crippen MR) is 132 cm³/mol. The van der Waals surface area contributed by atoms with Gasteiger partial charge in [0.25, 0.3) is 5.56 Å². The number of benzene rings is 2. The quantitative estimate of drug-likeness (QED) is 0.235. The van der Waals surface area contributed by atoms with Gasteiger partial charge in [-0.25, -0.2) is 18.8 Å². The molecule has 0 saturated heterocycles. The van der Waals surface area contributed by atoms with E-state index in [4.69, 9.17) is 22.7 Å². The average molecular weight is 499 g/mol. The number of amidine groups is 1. The Morgan fingerprint density at radius 2 is 1.97 bits per heavy atom. The molecule has 0 aliphatic heterocycles. The number of fused-ring (bicyclic) bond motifs is 1. The summed E-state index contributed by atoms with van der Waals surface area (Å²) in [6, 6.07) is 6.52. The summed E-state index contributed by atoms with van der Waals surface area (Å²) in [5.74, 6) is 2.86. The normalized spacial score (nSPS) is 13.3. The Kier molecular flexibility index (Phi) is 7.64. The molecule has 0 saturated carbocycles. The second-order valence-corrected chi connectivity index (χ2v) is 7.89. The fourth-order valence-corrected chi connectivity index (χ4v) is 3.56. The van der Waals surface area contributed by atoms with Crippen LogP contribution in [0.3, 0.4) is 0 Å². The fraction of sp³-hybridized carbons (Fsp3) is 0.167. The van der Waals surface area contributed by atoms with Crippen LogP contribution in [0.1, 0.15) is 25.7 Å². The molecule has 2 unspecified atom stereocenters. The van der Waals surface area contributed by atoms with Gasteiger partial charge in [-0.1, -0.05) is 29.5 Å². The molecule has 5 N–H and O–H groups in total. The lowest BCUT2D eigenvalue weighted by Gasteiger charge is -2.21. The standard InChI is InChI=1S/C24H21ClF2N6O2/c1-12(34)7-8-17(21(28)29)22(30-3)31-13(2)23-32-19-6-4-5-18(25)20(19)24(35)33(23)16-10-14(26)9-15(27)11-16/h4-6,9-13,31,34H,3H2,1-2H3,(H3,28,29)/b22-17+. The smallest absolute Gasteiger partial charge is 0.267 e. The van der Waals surface area contributed by atoms with Crippen LogP contribution in [0.4, 0.5) is 8.78 Å². The Morgan fingerprint density at radius 1 is 1.31 bits per heavy atom. The van der Waals surface area contributed by atoms with Crippen LogP contribution in [0.5, 0.6) is 0 Å². The molecule has 0 amide bonds.